The molecule has 3 heterocycles. The molecule has 7 heteroatoms. The smallest absolute Gasteiger partial charge is 0.231 e. The van der Waals surface area contributed by atoms with Crippen molar-refractivity contribution in [1.29, 1.82) is 0 Å². The van der Waals surface area contributed by atoms with Crippen LogP contribution in [0.3, 0.4) is 0 Å². The Kier molecular flexibility index (Phi) is 5.29. The fourth-order valence-electron chi connectivity index (χ4n) is 3.61. The predicted octanol–water partition coefficient (Wildman–Crippen LogP) is 2.37. The molecule has 7 nitrogen and oxygen atoms in total. The maximum Gasteiger partial charge on any atom is 0.231 e. The lowest BCUT2D eigenvalue weighted by atomic mass is 10.1. The predicted molar refractivity (Wildman–Crippen MR) is 106 cm³/mol. The molecular formula is C20H27N5O2. The zero-order valence-corrected chi connectivity index (χ0v) is 16.1. The van der Waals surface area contributed by atoms with Gasteiger partial charge >= 0.3 is 0 Å². The minimum atomic E-state index is 0.325. The van der Waals surface area contributed by atoms with E-state index in [1.165, 1.54) is 5.56 Å². The maximum absolute atomic E-state index is 5.48. The van der Waals surface area contributed by atoms with Crippen molar-refractivity contribution < 1.29 is 9.47 Å². The van der Waals surface area contributed by atoms with Crippen molar-refractivity contribution in [2.75, 3.05) is 55.9 Å². The van der Waals surface area contributed by atoms with E-state index in [-0.39, 0.29) is 0 Å². The summed E-state index contributed by atoms with van der Waals surface area (Å²) in [6.07, 6.45) is 1.87. The van der Waals surface area contributed by atoms with E-state index >= 15 is 0 Å². The van der Waals surface area contributed by atoms with Gasteiger partial charge in [0.15, 0.2) is 11.5 Å². The van der Waals surface area contributed by atoms with Crippen LogP contribution < -0.4 is 19.3 Å². The van der Waals surface area contributed by atoms with Gasteiger partial charge in [0.05, 0.1) is 0 Å². The molecule has 2 aliphatic rings. The molecule has 144 valence electrons. The monoisotopic (exact) mass is 369 g/mol. The van der Waals surface area contributed by atoms with Gasteiger partial charge in [-0.3, -0.25) is 4.90 Å². The first-order valence-corrected chi connectivity index (χ1v) is 9.70. The van der Waals surface area contributed by atoms with E-state index in [4.69, 9.17) is 14.5 Å². The van der Waals surface area contributed by atoms with E-state index in [2.05, 4.69) is 45.7 Å². The van der Waals surface area contributed by atoms with Gasteiger partial charge in [0, 0.05) is 52.0 Å². The molecule has 1 aromatic carbocycles. The molecule has 2 aromatic rings. The molecule has 4 rings (SSSR count). The third kappa shape index (κ3) is 3.93. The van der Waals surface area contributed by atoms with Crippen LogP contribution in [-0.4, -0.2) is 60.9 Å². The number of benzene rings is 1. The quantitative estimate of drug-likeness (QED) is 0.775. The summed E-state index contributed by atoms with van der Waals surface area (Å²) < 4.78 is 10.9. The summed E-state index contributed by atoms with van der Waals surface area (Å²) >= 11 is 0. The minimum Gasteiger partial charge on any atom is -0.454 e. The van der Waals surface area contributed by atoms with Crippen molar-refractivity contribution in [2.45, 2.75) is 20.4 Å². The SMILES string of the molecule is CCN(CC)c1nccc(N2CCN(Cc3ccc4c(c3)OCO4)CC2)n1. The van der Waals surface area contributed by atoms with Crippen LogP contribution >= 0.6 is 0 Å². The van der Waals surface area contributed by atoms with Crippen molar-refractivity contribution in [3.05, 3.63) is 36.0 Å². The van der Waals surface area contributed by atoms with E-state index in [0.717, 1.165) is 69.1 Å². The lowest BCUT2D eigenvalue weighted by molar-refractivity contribution is 0.174. The average Bonchev–Trinajstić information content (AvgIpc) is 3.18. The Morgan fingerprint density at radius 2 is 1.78 bits per heavy atom. The Hall–Kier alpha value is -2.54. The Morgan fingerprint density at radius 1 is 1.00 bits per heavy atom. The van der Waals surface area contributed by atoms with Gasteiger partial charge in [-0.1, -0.05) is 6.07 Å². The standard InChI is InChI=1S/C20H27N5O2/c1-3-24(4-2)20-21-8-7-19(22-20)25-11-9-23(10-12-25)14-16-5-6-17-18(13-16)27-15-26-17/h5-8,13H,3-4,9-12,14-15H2,1-2H3. The summed E-state index contributed by atoms with van der Waals surface area (Å²) in [6, 6.07) is 8.24. The zero-order chi connectivity index (χ0) is 18.6. The molecule has 0 radical (unpaired) electrons. The van der Waals surface area contributed by atoms with Crippen LogP contribution in [0.1, 0.15) is 19.4 Å². The second-order valence-electron chi connectivity index (χ2n) is 6.84. The lowest BCUT2D eigenvalue weighted by Crippen LogP contribution is -2.46. The van der Waals surface area contributed by atoms with Crippen LogP contribution in [0, 0.1) is 0 Å². The molecule has 0 atom stereocenters. The summed E-state index contributed by atoms with van der Waals surface area (Å²) in [7, 11) is 0. The number of aromatic nitrogens is 2. The number of piperazine rings is 1. The molecule has 1 aromatic heterocycles. The third-order valence-corrected chi connectivity index (χ3v) is 5.21. The Morgan fingerprint density at radius 3 is 2.56 bits per heavy atom. The highest BCUT2D eigenvalue weighted by Gasteiger charge is 2.20. The van der Waals surface area contributed by atoms with E-state index in [1.807, 2.05) is 18.3 Å². The van der Waals surface area contributed by atoms with E-state index in [9.17, 15) is 0 Å². The highest BCUT2D eigenvalue weighted by molar-refractivity contribution is 5.45. The first-order chi connectivity index (χ1) is 13.3. The van der Waals surface area contributed by atoms with Gasteiger partial charge in [0.1, 0.15) is 5.82 Å². The van der Waals surface area contributed by atoms with Crippen molar-refractivity contribution in [3.63, 3.8) is 0 Å². The van der Waals surface area contributed by atoms with Crippen LogP contribution in [-0.2, 0) is 6.54 Å². The summed E-state index contributed by atoms with van der Waals surface area (Å²) in [5.41, 5.74) is 1.26. The minimum absolute atomic E-state index is 0.325. The van der Waals surface area contributed by atoms with Gasteiger partial charge in [0.2, 0.25) is 12.7 Å². The molecule has 0 N–H and O–H groups in total. The van der Waals surface area contributed by atoms with Crippen LogP contribution in [0.5, 0.6) is 11.5 Å². The molecule has 27 heavy (non-hydrogen) atoms. The molecule has 1 fully saturated rings. The number of hydrogen-bond donors (Lipinski definition) is 0. The molecule has 0 unspecified atom stereocenters. The Labute approximate surface area is 160 Å². The normalized spacial score (nSPS) is 16.6. The summed E-state index contributed by atoms with van der Waals surface area (Å²) in [6.45, 7) is 11.3. The lowest BCUT2D eigenvalue weighted by Gasteiger charge is -2.35. The highest BCUT2D eigenvalue weighted by atomic mass is 16.7. The van der Waals surface area contributed by atoms with E-state index in [0.29, 0.717) is 6.79 Å². The molecule has 0 aliphatic carbocycles. The van der Waals surface area contributed by atoms with Crippen molar-refractivity contribution >= 4 is 11.8 Å². The maximum atomic E-state index is 5.48. The molecule has 2 aliphatic heterocycles. The largest absolute Gasteiger partial charge is 0.454 e. The van der Waals surface area contributed by atoms with Crippen molar-refractivity contribution in [1.82, 2.24) is 14.9 Å². The van der Waals surface area contributed by atoms with Gasteiger partial charge in [-0.05, 0) is 37.6 Å². The highest BCUT2D eigenvalue weighted by Crippen LogP contribution is 2.32. The van der Waals surface area contributed by atoms with Crippen molar-refractivity contribution in [3.8, 4) is 11.5 Å². The molecule has 0 amide bonds. The fraction of sp³-hybridized carbons (Fsp3) is 0.500. The average molecular weight is 369 g/mol. The van der Waals surface area contributed by atoms with Gasteiger partial charge in [-0.2, -0.15) is 4.98 Å². The number of ether oxygens (including phenoxy) is 2. The number of rotatable bonds is 6. The third-order valence-electron chi connectivity index (χ3n) is 5.21. The summed E-state index contributed by atoms with van der Waals surface area (Å²) in [4.78, 5) is 16.2. The molecule has 0 bridgehead atoms. The number of fused-ring (bicyclic) bond motifs is 1. The second kappa shape index (κ2) is 8.00. The van der Waals surface area contributed by atoms with Crippen LogP contribution in [0.2, 0.25) is 0 Å². The fourth-order valence-corrected chi connectivity index (χ4v) is 3.61. The Balaban J connectivity index is 1.36. The molecular weight excluding hydrogens is 342 g/mol. The molecule has 1 saturated heterocycles. The van der Waals surface area contributed by atoms with Gasteiger partial charge in [0.25, 0.3) is 0 Å². The van der Waals surface area contributed by atoms with Crippen LogP contribution in [0.25, 0.3) is 0 Å². The van der Waals surface area contributed by atoms with Crippen LogP contribution in [0.4, 0.5) is 11.8 Å². The second-order valence-corrected chi connectivity index (χ2v) is 6.84. The first-order valence-electron chi connectivity index (χ1n) is 9.70. The first kappa shape index (κ1) is 17.9. The van der Waals surface area contributed by atoms with Gasteiger partial charge in [-0.15, -0.1) is 0 Å². The number of anilines is 2. The Bertz CT molecular complexity index is 773. The zero-order valence-electron chi connectivity index (χ0n) is 16.1. The number of nitrogens with zero attached hydrogens (tertiary/aromatic N) is 5. The van der Waals surface area contributed by atoms with E-state index in [1.54, 1.807) is 0 Å². The van der Waals surface area contributed by atoms with Gasteiger partial charge in [-0.25, -0.2) is 4.98 Å². The topological polar surface area (TPSA) is 54.0 Å². The van der Waals surface area contributed by atoms with Gasteiger partial charge < -0.3 is 19.3 Å². The van der Waals surface area contributed by atoms with Crippen molar-refractivity contribution in [2.24, 2.45) is 0 Å². The van der Waals surface area contributed by atoms with Crippen LogP contribution in [0.15, 0.2) is 30.5 Å². The molecule has 0 saturated carbocycles. The molecule has 0 spiro atoms. The summed E-state index contributed by atoms with van der Waals surface area (Å²) in [5.74, 6) is 3.54. The number of hydrogen-bond acceptors (Lipinski definition) is 7. The van der Waals surface area contributed by atoms with E-state index < -0.39 is 0 Å². The summed E-state index contributed by atoms with van der Waals surface area (Å²) in [5, 5.41) is 0.